The number of nitrogens with one attached hydrogen (secondary N) is 1. The smallest absolute Gasteiger partial charge is 0.243 e. The number of hydrogen-bond donors (Lipinski definition) is 1. The number of benzene rings is 1. The fourth-order valence-corrected chi connectivity index (χ4v) is 4.81. The Bertz CT molecular complexity index is 736. The number of sulfonamides is 1. The highest BCUT2D eigenvalue weighted by Crippen LogP contribution is 2.27. The molecule has 0 aromatic heterocycles. The van der Waals surface area contributed by atoms with Gasteiger partial charge in [0.05, 0.1) is 17.4 Å². The molecule has 1 aliphatic heterocycles. The van der Waals surface area contributed by atoms with Crippen molar-refractivity contribution < 1.29 is 22.7 Å². The standard InChI is InChI=1S/C19H30N2O5S/c1-4-26-18-9-8-17(13-15(18)2)27(23,24)21-11-5-7-16(14-21)19(22)20-10-6-12-25-3/h8-9,13,16H,4-7,10-12,14H2,1-3H3,(H,20,22)/t16-/m0/s1. The van der Waals surface area contributed by atoms with Gasteiger partial charge >= 0.3 is 0 Å². The molecule has 1 atom stereocenters. The average Bonchev–Trinajstić information content (AvgIpc) is 2.67. The molecule has 1 aromatic rings. The van der Waals surface area contributed by atoms with Crippen LogP contribution in [0.2, 0.25) is 0 Å². The lowest BCUT2D eigenvalue weighted by molar-refractivity contribution is -0.126. The summed E-state index contributed by atoms with van der Waals surface area (Å²) in [5.41, 5.74) is 0.780. The second-order valence-corrected chi connectivity index (χ2v) is 8.64. The van der Waals surface area contributed by atoms with Gasteiger partial charge in [0.15, 0.2) is 0 Å². The Morgan fingerprint density at radius 2 is 2.15 bits per heavy atom. The highest BCUT2D eigenvalue weighted by molar-refractivity contribution is 7.89. The minimum atomic E-state index is -3.63. The lowest BCUT2D eigenvalue weighted by Crippen LogP contribution is -2.45. The maximum absolute atomic E-state index is 13.0. The fraction of sp³-hybridized carbons (Fsp3) is 0.632. The van der Waals surface area contributed by atoms with E-state index in [4.69, 9.17) is 9.47 Å². The molecule has 8 heteroatoms. The zero-order valence-corrected chi connectivity index (χ0v) is 17.2. The Morgan fingerprint density at radius 1 is 1.37 bits per heavy atom. The van der Waals surface area contributed by atoms with Crippen molar-refractivity contribution in [3.63, 3.8) is 0 Å². The first-order chi connectivity index (χ1) is 12.9. The maximum Gasteiger partial charge on any atom is 0.243 e. The van der Waals surface area contributed by atoms with E-state index in [2.05, 4.69) is 5.32 Å². The van der Waals surface area contributed by atoms with Gasteiger partial charge in [0.2, 0.25) is 15.9 Å². The van der Waals surface area contributed by atoms with Crippen molar-refractivity contribution in [2.24, 2.45) is 5.92 Å². The van der Waals surface area contributed by atoms with Crippen LogP contribution in [0, 0.1) is 12.8 Å². The molecule has 1 fully saturated rings. The number of amides is 1. The van der Waals surface area contributed by atoms with E-state index >= 15 is 0 Å². The van der Waals surface area contributed by atoms with Crippen LogP contribution in [-0.4, -0.2) is 58.6 Å². The molecule has 0 aliphatic carbocycles. The fourth-order valence-electron chi connectivity index (χ4n) is 3.20. The van der Waals surface area contributed by atoms with Gasteiger partial charge in [-0.3, -0.25) is 4.79 Å². The molecule has 1 aliphatic rings. The van der Waals surface area contributed by atoms with Crippen LogP contribution in [0.15, 0.2) is 23.1 Å². The van der Waals surface area contributed by atoms with Gasteiger partial charge in [-0.15, -0.1) is 0 Å². The first-order valence-corrected chi connectivity index (χ1v) is 10.8. The van der Waals surface area contributed by atoms with Crippen LogP contribution in [-0.2, 0) is 19.6 Å². The van der Waals surface area contributed by atoms with Crippen LogP contribution in [0.1, 0.15) is 31.7 Å². The van der Waals surface area contributed by atoms with Crippen molar-refractivity contribution in [1.82, 2.24) is 9.62 Å². The maximum atomic E-state index is 13.0. The van der Waals surface area contributed by atoms with E-state index in [0.717, 1.165) is 12.0 Å². The summed E-state index contributed by atoms with van der Waals surface area (Å²) in [5, 5.41) is 2.87. The number of hydrogen-bond acceptors (Lipinski definition) is 5. The molecule has 0 bridgehead atoms. The Hall–Kier alpha value is -1.64. The summed E-state index contributed by atoms with van der Waals surface area (Å²) in [7, 11) is -2.01. The van der Waals surface area contributed by atoms with Crippen molar-refractivity contribution in [2.45, 2.75) is 38.0 Å². The summed E-state index contributed by atoms with van der Waals surface area (Å²) in [6, 6.07) is 4.90. The third-order valence-corrected chi connectivity index (χ3v) is 6.52. The second kappa shape index (κ2) is 10.1. The number of methoxy groups -OCH3 is 1. The molecule has 1 heterocycles. The van der Waals surface area contributed by atoms with Gasteiger partial charge in [0, 0.05) is 33.4 Å². The molecule has 152 valence electrons. The van der Waals surface area contributed by atoms with Crippen LogP contribution in [0.25, 0.3) is 0 Å². The molecule has 7 nitrogen and oxygen atoms in total. The quantitative estimate of drug-likeness (QED) is 0.643. The van der Waals surface area contributed by atoms with Gasteiger partial charge in [-0.2, -0.15) is 4.31 Å². The van der Waals surface area contributed by atoms with E-state index in [1.54, 1.807) is 25.3 Å². The predicted octanol–water partition coefficient (Wildman–Crippen LogP) is 1.95. The average molecular weight is 399 g/mol. The van der Waals surface area contributed by atoms with E-state index in [9.17, 15) is 13.2 Å². The molecule has 1 amide bonds. The molecule has 0 radical (unpaired) electrons. The van der Waals surface area contributed by atoms with Crippen LogP contribution >= 0.6 is 0 Å². The lowest BCUT2D eigenvalue weighted by atomic mass is 9.99. The highest BCUT2D eigenvalue weighted by Gasteiger charge is 2.33. The van der Waals surface area contributed by atoms with Gasteiger partial charge < -0.3 is 14.8 Å². The van der Waals surface area contributed by atoms with Gasteiger partial charge in [-0.05, 0) is 56.9 Å². The van der Waals surface area contributed by atoms with Crippen molar-refractivity contribution in [3.8, 4) is 5.75 Å². The van der Waals surface area contributed by atoms with E-state index in [-0.39, 0.29) is 23.3 Å². The van der Waals surface area contributed by atoms with Crippen molar-refractivity contribution >= 4 is 15.9 Å². The Balaban J connectivity index is 2.05. The molecule has 1 N–H and O–H groups in total. The number of rotatable bonds is 9. The van der Waals surface area contributed by atoms with Crippen molar-refractivity contribution in [1.29, 1.82) is 0 Å². The van der Waals surface area contributed by atoms with Crippen LogP contribution < -0.4 is 10.1 Å². The normalized spacial score (nSPS) is 18.3. The van der Waals surface area contributed by atoms with Crippen LogP contribution in [0.4, 0.5) is 0 Å². The number of nitrogens with zero attached hydrogens (tertiary/aromatic N) is 1. The van der Waals surface area contributed by atoms with Crippen molar-refractivity contribution in [3.05, 3.63) is 23.8 Å². The Kier molecular flexibility index (Phi) is 8.07. The predicted molar refractivity (Wildman–Crippen MR) is 103 cm³/mol. The first kappa shape index (κ1) is 21.7. The molecular weight excluding hydrogens is 368 g/mol. The van der Waals surface area contributed by atoms with Gasteiger partial charge in [-0.25, -0.2) is 8.42 Å². The third-order valence-electron chi connectivity index (χ3n) is 4.66. The zero-order valence-electron chi connectivity index (χ0n) is 16.4. The molecule has 1 aromatic carbocycles. The summed E-state index contributed by atoms with van der Waals surface area (Å²) in [5.74, 6) is 0.275. The molecule has 0 unspecified atom stereocenters. The summed E-state index contributed by atoms with van der Waals surface area (Å²) < 4.78 is 37.9. The summed E-state index contributed by atoms with van der Waals surface area (Å²) in [6.45, 7) is 6.01. The highest BCUT2D eigenvalue weighted by atomic mass is 32.2. The third kappa shape index (κ3) is 5.67. The number of piperidine rings is 1. The Morgan fingerprint density at radius 3 is 2.81 bits per heavy atom. The molecule has 0 spiro atoms. The first-order valence-electron chi connectivity index (χ1n) is 9.40. The summed E-state index contributed by atoms with van der Waals surface area (Å²) >= 11 is 0. The topological polar surface area (TPSA) is 84.9 Å². The largest absolute Gasteiger partial charge is 0.494 e. The minimum absolute atomic E-state index is 0.0890. The van der Waals surface area contributed by atoms with Gasteiger partial charge in [0.25, 0.3) is 0 Å². The summed E-state index contributed by atoms with van der Waals surface area (Å²) in [6.07, 6.45) is 2.11. The molecule has 1 saturated heterocycles. The molecular formula is C19H30N2O5S. The monoisotopic (exact) mass is 398 g/mol. The lowest BCUT2D eigenvalue weighted by Gasteiger charge is -2.31. The van der Waals surface area contributed by atoms with Gasteiger partial charge in [-0.1, -0.05) is 0 Å². The van der Waals surface area contributed by atoms with Crippen LogP contribution in [0.3, 0.4) is 0 Å². The molecule has 0 saturated carbocycles. The van der Waals surface area contributed by atoms with E-state index in [1.807, 2.05) is 13.8 Å². The number of carbonyl (C=O) groups excluding carboxylic acids is 1. The number of aryl methyl sites for hydroxylation is 1. The SMILES string of the molecule is CCOc1ccc(S(=O)(=O)N2CCC[C@H](C(=O)NCCCOC)C2)cc1C. The van der Waals surface area contributed by atoms with Crippen LogP contribution in [0.5, 0.6) is 5.75 Å². The van der Waals surface area contributed by atoms with Gasteiger partial charge in [0.1, 0.15) is 5.75 Å². The Labute approximate surface area is 162 Å². The van der Waals surface area contributed by atoms with E-state index in [1.165, 1.54) is 4.31 Å². The second-order valence-electron chi connectivity index (χ2n) is 6.70. The number of ether oxygens (including phenoxy) is 2. The summed E-state index contributed by atoms with van der Waals surface area (Å²) in [4.78, 5) is 12.6. The van der Waals surface area contributed by atoms with Crippen molar-refractivity contribution in [2.75, 3.05) is 40.0 Å². The number of carbonyl (C=O) groups is 1. The molecule has 2 rings (SSSR count). The van der Waals surface area contributed by atoms with E-state index in [0.29, 0.717) is 44.9 Å². The minimum Gasteiger partial charge on any atom is -0.494 e. The molecule has 27 heavy (non-hydrogen) atoms. The zero-order chi connectivity index (χ0) is 19.9. The van der Waals surface area contributed by atoms with E-state index < -0.39 is 10.0 Å².